The maximum Gasteiger partial charge on any atom is 0.475 e. The lowest BCUT2D eigenvalue weighted by Crippen LogP contribution is -2.43. The van der Waals surface area contributed by atoms with Crippen LogP contribution in [0, 0.1) is 50.2 Å². The molecule has 490 valence electrons. The Balaban J connectivity index is 0.000000216. The summed E-state index contributed by atoms with van der Waals surface area (Å²) >= 11 is 0. The van der Waals surface area contributed by atoms with E-state index < -0.39 is 148 Å². The van der Waals surface area contributed by atoms with Crippen LogP contribution in [0.4, 0.5) is 0 Å². The third-order valence-electron chi connectivity index (χ3n) is 14.3. The fourth-order valence-corrected chi connectivity index (χ4v) is 16.1. The van der Waals surface area contributed by atoms with E-state index in [1.807, 2.05) is 11.1 Å². The molecule has 0 aromatic carbocycles. The number of aromatic amines is 3. The lowest BCUT2D eigenvalue weighted by molar-refractivity contribution is -0.0750. The van der Waals surface area contributed by atoms with Gasteiger partial charge in [-0.3, -0.25) is 70.2 Å². The van der Waals surface area contributed by atoms with Gasteiger partial charge in [-0.15, -0.1) is 0 Å². The van der Waals surface area contributed by atoms with Crippen LogP contribution < -0.4 is 33.7 Å². The van der Waals surface area contributed by atoms with E-state index in [1.54, 1.807) is 27.7 Å². The Labute approximate surface area is 510 Å². The van der Waals surface area contributed by atoms with E-state index in [4.69, 9.17) is 51.0 Å². The number of aliphatic hydroxyl groups excluding tert-OH is 2. The Morgan fingerprint density at radius 3 is 1.16 bits per heavy atom. The number of fused-ring (bicyclic) bond motifs is 2. The van der Waals surface area contributed by atoms with Crippen LogP contribution in [-0.2, 0) is 55.0 Å². The lowest BCUT2D eigenvalue weighted by atomic mass is 9.84. The van der Waals surface area contributed by atoms with E-state index in [1.165, 1.54) is 39.4 Å². The van der Waals surface area contributed by atoms with Gasteiger partial charge in [0.1, 0.15) is 52.9 Å². The summed E-state index contributed by atoms with van der Waals surface area (Å²) in [5.41, 5.74) is -8.01. The summed E-state index contributed by atoms with van der Waals surface area (Å²) in [4.78, 5) is 75.6. The zero-order chi connectivity index (χ0) is 66.3. The molecule has 0 bridgehead atoms. The molecule has 88 heavy (non-hydrogen) atoms. The molecule has 0 saturated carbocycles. The number of nitrogens with one attached hydrogen (secondary N) is 3. The van der Waals surface area contributed by atoms with Gasteiger partial charge in [-0.05, 0) is 118 Å². The number of phosphoric ester groups is 2. The molecule has 0 radical (unpaired) electrons. The number of rotatable bonds is 16. The molecule has 8 rings (SSSR count). The SMILES string of the molecule is CC(C)OP(N(C(C)C)C(C)C)N(C(C)C)C(C)C.CC(C)OP1(=O)OC[C@H]2O[C@@H](n3ccc(=O)[nH]c3=O)[C@](C)(C#N)[C@@H]2O1.CC(C)OP1(=O)OC[C@H]2O[C@@H](n3ccc(=O)[nH]c3=O)[C@](C)(C#N)[C@@H]2O1.C[C@@]1(C#N)[C@H](O)[C@@H](CO)O[C@H]1n1ccc(=O)[nH]c1=O. The quantitative estimate of drug-likeness (QED) is 0.118. The number of aromatic nitrogens is 6. The van der Waals surface area contributed by atoms with E-state index in [0.717, 1.165) is 31.9 Å². The van der Waals surface area contributed by atoms with Gasteiger partial charge >= 0.3 is 32.7 Å². The highest BCUT2D eigenvalue weighted by atomic mass is 31.2. The number of nitriles is 3. The monoisotopic (exact) mass is 1300 g/mol. The van der Waals surface area contributed by atoms with Crippen LogP contribution in [0.5, 0.6) is 0 Å². The van der Waals surface area contributed by atoms with Crippen LogP contribution in [0.25, 0.3) is 0 Å². The first-order chi connectivity index (χ1) is 40.9. The minimum absolute atomic E-state index is 0.111. The number of hydrogen-bond donors (Lipinski definition) is 5. The van der Waals surface area contributed by atoms with Crippen molar-refractivity contribution in [2.45, 2.75) is 215 Å². The van der Waals surface area contributed by atoms with Crippen molar-refractivity contribution in [2.24, 2.45) is 16.2 Å². The van der Waals surface area contributed by atoms with Crippen molar-refractivity contribution in [3.8, 4) is 18.2 Å². The van der Waals surface area contributed by atoms with Crippen LogP contribution in [0.2, 0.25) is 0 Å². The molecule has 31 nitrogen and oxygen atoms in total. The van der Waals surface area contributed by atoms with Gasteiger partial charge in [-0.1, -0.05) is 0 Å². The van der Waals surface area contributed by atoms with Crippen molar-refractivity contribution >= 4 is 24.1 Å². The van der Waals surface area contributed by atoms with Gasteiger partial charge in [-0.2, -0.15) is 15.8 Å². The van der Waals surface area contributed by atoms with Crippen molar-refractivity contribution < 1.29 is 65.2 Å². The molecular formula is C54H84N11O20P3. The number of aliphatic hydroxyl groups is 2. The van der Waals surface area contributed by atoms with Gasteiger partial charge in [0, 0.05) is 61.0 Å². The first kappa shape index (κ1) is 73.6. The number of ether oxygens (including phenoxy) is 3. The molecule has 5 aliphatic rings. The third kappa shape index (κ3) is 16.5. The molecule has 2 unspecified atom stereocenters. The molecule has 5 saturated heterocycles. The second-order valence-electron chi connectivity index (χ2n) is 23.8. The molecule has 5 fully saturated rings. The summed E-state index contributed by atoms with van der Waals surface area (Å²) in [7, 11) is -8.41. The Morgan fingerprint density at radius 2 is 0.898 bits per heavy atom. The largest absolute Gasteiger partial charge is 0.475 e. The molecule has 3 aromatic heterocycles. The Bertz CT molecular complexity index is 3300. The molecule has 5 N–H and O–H groups in total. The highest BCUT2D eigenvalue weighted by molar-refractivity contribution is 7.49. The van der Waals surface area contributed by atoms with Crippen molar-refractivity contribution in [3.63, 3.8) is 0 Å². The minimum Gasteiger partial charge on any atom is -0.394 e. The summed E-state index contributed by atoms with van der Waals surface area (Å²) in [6.45, 7) is 32.9. The van der Waals surface area contributed by atoms with Crippen LogP contribution in [0.15, 0.2) is 65.6 Å². The highest BCUT2D eigenvalue weighted by Gasteiger charge is 2.63. The number of phosphoric acid groups is 2. The second-order valence-corrected chi connectivity index (χ2v) is 28.6. The zero-order valence-corrected chi connectivity index (χ0v) is 55.2. The van der Waals surface area contributed by atoms with Gasteiger partial charge in [0.15, 0.2) is 27.1 Å². The summed E-state index contributed by atoms with van der Waals surface area (Å²) in [5, 5.41) is 47.8. The van der Waals surface area contributed by atoms with Crippen LogP contribution in [0.1, 0.15) is 136 Å². The van der Waals surface area contributed by atoms with Crippen molar-refractivity contribution in [1.82, 2.24) is 38.0 Å². The summed E-state index contributed by atoms with van der Waals surface area (Å²) < 4.78 is 88.6. The van der Waals surface area contributed by atoms with E-state index in [-0.39, 0.29) is 19.3 Å². The Morgan fingerprint density at radius 1 is 0.580 bits per heavy atom. The normalized spacial score (nSPS) is 31.7. The smallest absolute Gasteiger partial charge is 0.394 e. The predicted octanol–water partition coefficient (Wildman–Crippen LogP) is 5.02. The topological polar surface area (TPSA) is 409 Å². The first-order valence-corrected chi connectivity index (χ1v) is 32.7. The average Bonchev–Trinajstić information content (AvgIpc) is 1.60. The first-order valence-electron chi connectivity index (χ1n) is 28.6. The molecule has 0 spiro atoms. The van der Waals surface area contributed by atoms with Gasteiger partial charge in [0.05, 0.1) is 56.3 Å². The molecule has 3 aromatic rings. The Kier molecular flexibility index (Phi) is 25.0. The van der Waals surface area contributed by atoms with Crippen molar-refractivity contribution in [2.75, 3.05) is 19.8 Å². The van der Waals surface area contributed by atoms with Gasteiger partial charge in [-0.25, -0.2) is 32.9 Å². The molecule has 14 atom stereocenters. The average molecular weight is 1300 g/mol. The lowest BCUT2D eigenvalue weighted by Gasteiger charge is -2.46. The molecular weight excluding hydrogens is 1220 g/mol. The Hall–Kier alpha value is -5.16. The number of nitrogens with zero attached hydrogens (tertiary/aromatic N) is 8. The summed E-state index contributed by atoms with van der Waals surface area (Å²) in [6.07, 6.45) is -5.58. The van der Waals surface area contributed by atoms with Crippen LogP contribution >= 0.6 is 24.1 Å². The van der Waals surface area contributed by atoms with E-state index in [0.29, 0.717) is 24.2 Å². The van der Waals surface area contributed by atoms with E-state index in [2.05, 4.69) is 101 Å². The molecule has 0 amide bonds. The molecule has 8 heterocycles. The van der Waals surface area contributed by atoms with E-state index >= 15 is 0 Å². The highest BCUT2D eigenvalue weighted by Crippen LogP contribution is 2.63. The molecule has 0 aliphatic carbocycles. The maximum atomic E-state index is 12.6. The number of H-pyrrole nitrogens is 3. The summed E-state index contributed by atoms with van der Waals surface area (Å²) in [5.74, 6) is 0. The van der Waals surface area contributed by atoms with Gasteiger partial charge < -0.3 is 28.9 Å². The molecule has 5 aliphatic heterocycles. The fourth-order valence-electron chi connectivity index (χ4n) is 10.4. The molecule has 34 heteroatoms. The van der Waals surface area contributed by atoms with Gasteiger partial charge in [0.25, 0.3) is 16.7 Å². The second kappa shape index (κ2) is 29.9. The van der Waals surface area contributed by atoms with Crippen LogP contribution in [0.3, 0.4) is 0 Å². The predicted molar refractivity (Wildman–Crippen MR) is 317 cm³/mol. The maximum absolute atomic E-state index is 12.6. The minimum atomic E-state index is -3.85. The van der Waals surface area contributed by atoms with Crippen LogP contribution in [-0.4, -0.2) is 147 Å². The fraction of sp³-hybridized carbons (Fsp3) is 0.722. The third-order valence-corrected chi connectivity index (χ3v) is 20.8. The zero-order valence-electron chi connectivity index (χ0n) is 52.5. The van der Waals surface area contributed by atoms with Gasteiger partial charge in [0.2, 0.25) is 0 Å². The van der Waals surface area contributed by atoms with Crippen molar-refractivity contribution in [3.05, 3.63) is 99.3 Å². The van der Waals surface area contributed by atoms with Crippen molar-refractivity contribution in [1.29, 1.82) is 15.8 Å². The number of hydrogen-bond acceptors (Lipinski definition) is 25. The summed E-state index contributed by atoms with van der Waals surface area (Å²) in [6, 6.07) is 11.5. The van der Waals surface area contributed by atoms with E-state index in [9.17, 15) is 58.8 Å². The standard InChI is InChI=1S/C15H35N2OP.2C14H18N3O7P.C11H13N3O5/c1-11(2)16(12(3)4)19(18-15(9)10)17(13(5)6)14(7)8;2*1-8(2)23-25(20)21-6-9-11(24-25)14(3,7-15)12(22-9)17-5-4-10(18)16-13(17)19;1-11(5-12)8(17)6(4-15)19-9(11)14-3-2-7(16)13-10(14)18/h11-15H,1-10H3;2*4-5,8-9,11-12H,6H2,1-3H3,(H,16,18,19);2-3,6,8-9,15,17H,4H2,1H3,(H,13,16,18)/t;2*9-,11-,12-,14-,25?;6-,8-,9-,11-/m.111/s1.